The number of halogens is 1. The molecule has 0 saturated carbocycles. The molecule has 5 heterocycles. The first-order chi connectivity index (χ1) is 20.1. The van der Waals surface area contributed by atoms with Crippen LogP contribution in [-0.2, 0) is 14.2 Å². The van der Waals surface area contributed by atoms with E-state index in [0.29, 0.717) is 36.9 Å². The number of allylic oxidation sites excluding steroid dienone is 1. The number of fused-ring (bicyclic) bond motifs is 2. The van der Waals surface area contributed by atoms with E-state index in [-0.39, 0.29) is 24.9 Å². The molecule has 0 bridgehead atoms. The van der Waals surface area contributed by atoms with Crippen LogP contribution >= 0.6 is 0 Å². The Morgan fingerprint density at radius 3 is 2.46 bits per heavy atom. The summed E-state index contributed by atoms with van der Waals surface area (Å²) in [5.74, 6) is 2.09. The number of hydrogen-bond acceptors (Lipinski definition) is 8. The Balaban J connectivity index is 1.06. The molecule has 1 aromatic heterocycles. The van der Waals surface area contributed by atoms with Crippen molar-refractivity contribution in [2.24, 2.45) is 4.99 Å². The maximum absolute atomic E-state index is 15.4. The third kappa shape index (κ3) is 5.41. The molecular weight excluding hydrogens is 525 g/mol. The van der Waals surface area contributed by atoms with Gasteiger partial charge >= 0.3 is 0 Å². The van der Waals surface area contributed by atoms with Crippen molar-refractivity contribution in [1.82, 2.24) is 10.3 Å². The van der Waals surface area contributed by atoms with Crippen LogP contribution in [0.2, 0.25) is 0 Å². The van der Waals surface area contributed by atoms with E-state index in [1.54, 1.807) is 18.5 Å². The Kier molecular flexibility index (Phi) is 7.10. The van der Waals surface area contributed by atoms with Gasteiger partial charge in [-0.1, -0.05) is 36.4 Å². The van der Waals surface area contributed by atoms with Gasteiger partial charge in [0.05, 0.1) is 31.7 Å². The number of aliphatic hydroxyl groups is 1. The van der Waals surface area contributed by atoms with E-state index in [1.165, 1.54) is 0 Å². The second-order valence-electron chi connectivity index (χ2n) is 10.6. The molecule has 2 saturated heterocycles. The minimum absolute atomic E-state index is 0.246. The van der Waals surface area contributed by atoms with E-state index in [1.807, 2.05) is 66.7 Å². The van der Waals surface area contributed by atoms with Crippen LogP contribution in [0.3, 0.4) is 0 Å². The van der Waals surface area contributed by atoms with Crippen molar-refractivity contribution in [3.05, 3.63) is 102 Å². The summed E-state index contributed by atoms with van der Waals surface area (Å²) in [4.78, 5) is 8.89. The first kappa shape index (κ1) is 26.0. The molecule has 4 aliphatic rings. The smallest absolute Gasteiger partial charge is 0.150 e. The first-order valence-corrected chi connectivity index (χ1v) is 13.8. The van der Waals surface area contributed by atoms with E-state index in [2.05, 4.69) is 10.3 Å². The van der Waals surface area contributed by atoms with Crippen LogP contribution in [0.5, 0.6) is 11.5 Å². The van der Waals surface area contributed by atoms with Gasteiger partial charge in [-0.2, -0.15) is 0 Å². The molecule has 9 heteroatoms. The van der Waals surface area contributed by atoms with E-state index in [0.717, 1.165) is 28.0 Å². The van der Waals surface area contributed by atoms with Gasteiger partial charge < -0.3 is 29.4 Å². The normalized spacial score (nSPS) is 29.0. The summed E-state index contributed by atoms with van der Waals surface area (Å²) in [5.41, 5.74) is 4.36. The molecular formula is C32H30FN3O5. The molecule has 7 rings (SSSR count). The second-order valence-corrected chi connectivity index (χ2v) is 10.6. The third-order valence-electron chi connectivity index (χ3n) is 7.78. The van der Waals surface area contributed by atoms with Crippen LogP contribution in [0.25, 0.3) is 11.1 Å². The number of hydrogen-bond donors (Lipinski definition) is 2. The highest BCUT2D eigenvalue weighted by atomic mass is 19.1. The molecule has 210 valence electrons. The van der Waals surface area contributed by atoms with Gasteiger partial charge in [0.25, 0.3) is 0 Å². The number of aliphatic imine (C=N–C) groups is 1. The van der Waals surface area contributed by atoms with E-state index < -0.39 is 18.3 Å². The fourth-order valence-electron chi connectivity index (χ4n) is 5.68. The third-order valence-corrected chi connectivity index (χ3v) is 7.78. The average Bonchev–Trinajstić information content (AvgIpc) is 3.51. The molecule has 4 aliphatic heterocycles. The number of benzene rings is 2. The highest BCUT2D eigenvalue weighted by molar-refractivity contribution is 6.10. The van der Waals surface area contributed by atoms with E-state index in [9.17, 15) is 5.11 Å². The second kappa shape index (κ2) is 11.2. The van der Waals surface area contributed by atoms with Gasteiger partial charge in [0, 0.05) is 18.8 Å². The fraction of sp³-hybridized carbons (Fsp3) is 0.312. The van der Waals surface area contributed by atoms with Gasteiger partial charge in [0.15, 0.2) is 6.10 Å². The van der Waals surface area contributed by atoms with Crippen LogP contribution in [0.1, 0.15) is 11.6 Å². The molecule has 0 aliphatic carbocycles. The van der Waals surface area contributed by atoms with Crippen molar-refractivity contribution < 1.29 is 28.4 Å². The van der Waals surface area contributed by atoms with Crippen molar-refractivity contribution in [2.75, 3.05) is 26.3 Å². The average molecular weight is 556 g/mol. The van der Waals surface area contributed by atoms with Crippen molar-refractivity contribution in [2.45, 2.75) is 36.6 Å². The number of alkyl halides is 1. The Hall–Kier alpha value is -3.89. The van der Waals surface area contributed by atoms with Crippen LogP contribution < -0.4 is 10.1 Å². The summed E-state index contributed by atoms with van der Waals surface area (Å²) < 4.78 is 38.8. The van der Waals surface area contributed by atoms with Gasteiger partial charge in [-0.05, 0) is 52.6 Å². The molecule has 0 radical (unpaired) electrons. The van der Waals surface area contributed by atoms with Crippen LogP contribution in [0.4, 0.5) is 4.39 Å². The number of dihydropyridines is 1. The predicted molar refractivity (Wildman–Crippen MR) is 151 cm³/mol. The quantitative estimate of drug-likeness (QED) is 0.468. The lowest BCUT2D eigenvalue weighted by molar-refractivity contribution is -0.0123. The first-order valence-electron chi connectivity index (χ1n) is 13.8. The maximum Gasteiger partial charge on any atom is 0.150 e. The van der Waals surface area contributed by atoms with Gasteiger partial charge in [0.1, 0.15) is 47.8 Å². The number of pyridine rings is 1. The summed E-state index contributed by atoms with van der Waals surface area (Å²) in [5, 5.41) is 13.3. The molecule has 2 fully saturated rings. The van der Waals surface area contributed by atoms with E-state index in [4.69, 9.17) is 23.9 Å². The molecule has 2 aromatic carbocycles. The monoisotopic (exact) mass is 555 g/mol. The largest absolute Gasteiger partial charge is 0.488 e. The number of aliphatic hydroxyl groups excluding tert-OH is 1. The Morgan fingerprint density at radius 1 is 0.902 bits per heavy atom. The zero-order chi connectivity index (χ0) is 27.8. The highest BCUT2D eigenvalue weighted by Crippen LogP contribution is 2.34. The van der Waals surface area contributed by atoms with Crippen LogP contribution in [-0.4, -0.2) is 72.7 Å². The maximum atomic E-state index is 15.4. The topological polar surface area (TPSA) is 94.4 Å². The summed E-state index contributed by atoms with van der Waals surface area (Å²) >= 11 is 0. The van der Waals surface area contributed by atoms with Crippen molar-refractivity contribution >= 4 is 5.71 Å². The number of nitrogens with zero attached hydrogens (tertiary/aromatic N) is 2. The number of nitrogens with one attached hydrogen (secondary N) is 1. The lowest BCUT2D eigenvalue weighted by atomic mass is 9.94. The molecule has 0 spiro atoms. The Bertz CT molecular complexity index is 1480. The summed E-state index contributed by atoms with van der Waals surface area (Å²) in [6.45, 7) is 1.57. The van der Waals surface area contributed by atoms with E-state index >= 15 is 4.39 Å². The van der Waals surface area contributed by atoms with Crippen molar-refractivity contribution in [3.8, 4) is 22.6 Å². The van der Waals surface area contributed by atoms with Gasteiger partial charge in [-0.25, -0.2) is 4.39 Å². The molecule has 6 atom stereocenters. The van der Waals surface area contributed by atoms with Crippen molar-refractivity contribution in [1.29, 1.82) is 0 Å². The molecule has 2 N–H and O–H groups in total. The highest BCUT2D eigenvalue weighted by Gasteiger charge is 2.48. The summed E-state index contributed by atoms with van der Waals surface area (Å²) in [7, 11) is 0. The minimum Gasteiger partial charge on any atom is -0.488 e. The SMILES string of the molecule is O[C@@H]1CO[C@H]2[C@@H]1OC[C@H]2OC1=CC2=NC(c3ccc(-c4ccc(Oc5cccnc5)cc4)cc3)C(F)C=C2CNC1. The lowest BCUT2D eigenvalue weighted by Gasteiger charge is -2.23. The van der Waals surface area contributed by atoms with Crippen molar-refractivity contribution in [3.63, 3.8) is 0 Å². The Morgan fingerprint density at radius 2 is 1.68 bits per heavy atom. The summed E-state index contributed by atoms with van der Waals surface area (Å²) in [6.07, 6.45) is 4.06. The standard InChI is InChI=1S/C32H30FN3O5/c33-26-12-22-14-35-16-25(41-29-18-39-31-28(37)17-38-32(29)31)13-27(22)36-30(26)21-5-3-19(4-6-21)20-7-9-23(10-8-20)40-24-2-1-11-34-15-24/h1-13,15,26,28-32,35,37H,14,16-18H2/t26?,28-,29-,30?,31-,32-/m1/s1. The minimum atomic E-state index is -1.24. The zero-order valence-corrected chi connectivity index (χ0v) is 22.2. The molecule has 41 heavy (non-hydrogen) atoms. The summed E-state index contributed by atoms with van der Waals surface area (Å²) in [6, 6.07) is 18.7. The fourth-order valence-corrected chi connectivity index (χ4v) is 5.68. The number of ether oxygens (including phenoxy) is 4. The van der Waals surface area contributed by atoms with Crippen LogP contribution in [0.15, 0.2) is 102 Å². The predicted octanol–water partition coefficient (Wildman–Crippen LogP) is 4.33. The molecule has 8 nitrogen and oxygen atoms in total. The zero-order valence-electron chi connectivity index (χ0n) is 22.2. The number of rotatable bonds is 6. The lowest BCUT2D eigenvalue weighted by Crippen LogP contribution is -2.33. The number of aromatic nitrogens is 1. The van der Waals surface area contributed by atoms with Gasteiger partial charge in [-0.15, -0.1) is 0 Å². The Labute approximate surface area is 237 Å². The van der Waals surface area contributed by atoms with Crippen LogP contribution in [0, 0.1) is 0 Å². The van der Waals surface area contributed by atoms with Gasteiger partial charge in [-0.3, -0.25) is 9.98 Å². The molecule has 3 aromatic rings. The molecule has 2 unspecified atom stereocenters. The molecule has 0 amide bonds. The van der Waals surface area contributed by atoms with Gasteiger partial charge in [0.2, 0.25) is 0 Å².